The molecule has 0 aromatic heterocycles. The molecule has 11 heterocycles. The van der Waals surface area contributed by atoms with Crippen molar-refractivity contribution in [2.45, 2.75) is 391 Å². The lowest BCUT2D eigenvalue weighted by molar-refractivity contribution is -0.394. The summed E-state index contributed by atoms with van der Waals surface area (Å²) in [6.45, 7) is -4.79. The van der Waals surface area contributed by atoms with Gasteiger partial charge in [0.1, 0.15) is 250 Å². The molecule has 61 heteroatoms. The minimum Gasteiger partial charge on any atom is -0.477 e. The highest BCUT2D eigenvalue weighted by atomic mass is 16.8. The number of carbonyl (C=O) groups excluding carboxylic acids is 4. The van der Waals surface area contributed by atoms with Gasteiger partial charge in [0.25, 0.3) is 5.79 Å². The molecule has 0 aromatic rings. The van der Waals surface area contributed by atoms with Crippen molar-refractivity contribution < 1.29 is 282 Å². The number of carbonyl (C=O) groups is 5. The van der Waals surface area contributed by atoms with Crippen molar-refractivity contribution >= 4 is 29.6 Å². The number of carboxylic acids is 1. The molecular weight excluding hydrogens is 1890 g/mol. The van der Waals surface area contributed by atoms with Gasteiger partial charge in [0.15, 0.2) is 62.9 Å². The molecule has 0 aliphatic carbocycles. The van der Waals surface area contributed by atoms with Crippen LogP contribution in [0.1, 0.15) is 48.0 Å². The Morgan fingerprint density at radius 1 is 0.312 bits per heavy atom. The van der Waals surface area contributed by atoms with Crippen LogP contribution in [0.25, 0.3) is 0 Å². The lowest BCUT2D eigenvalue weighted by Crippen LogP contribution is -2.71. The molecule has 4 amide bonds. The molecule has 0 aromatic carbocycles. The third-order valence-corrected chi connectivity index (χ3v) is 25.5. The van der Waals surface area contributed by atoms with Gasteiger partial charge in [-0.3, -0.25) is 19.2 Å². The van der Waals surface area contributed by atoms with Crippen LogP contribution >= 0.6 is 0 Å². The van der Waals surface area contributed by atoms with Crippen LogP contribution in [0.2, 0.25) is 0 Å². The molecule has 56 atom stereocenters. The van der Waals surface area contributed by atoms with E-state index in [4.69, 9.17) is 99.5 Å². The first-order valence-electron chi connectivity index (χ1n) is 44.0. The number of nitrogens with one attached hydrogen (secondary N) is 4. The van der Waals surface area contributed by atoms with Crippen molar-refractivity contribution in [3.8, 4) is 0 Å². The summed E-state index contributed by atoms with van der Waals surface area (Å²) in [4.78, 5) is 65.5. The minimum atomic E-state index is -3.09. The molecule has 11 fully saturated rings. The zero-order valence-electron chi connectivity index (χ0n) is 74.3. The Bertz CT molecular complexity index is 3860. The Hall–Kier alpha value is -4.69. The van der Waals surface area contributed by atoms with Crippen LogP contribution in [0.3, 0.4) is 0 Å². The van der Waals surface area contributed by atoms with E-state index in [9.17, 15) is 182 Å². The molecule has 35 N–H and O–H groups in total. The number of hydrogen-bond acceptors (Lipinski definition) is 56. The molecule has 11 aliphatic rings. The molecule has 1 unspecified atom stereocenters. The van der Waals surface area contributed by atoms with E-state index in [1.807, 2.05) is 0 Å². The summed E-state index contributed by atoms with van der Waals surface area (Å²) in [5.41, 5.74) is 0. The molecule has 138 heavy (non-hydrogen) atoms. The lowest BCUT2D eigenvalue weighted by Gasteiger charge is -2.51. The van der Waals surface area contributed by atoms with E-state index < -0.39 is 439 Å². The van der Waals surface area contributed by atoms with E-state index in [1.54, 1.807) is 0 Å². The Morgan fingerprint density at radius 3 is 1.15 bits per heavy atom. The second-order valence-electron chi connectivity index (χ2n) is 35.2. The average molecular weight is 2020 g/mol. The second-order valence-corrected chi connectivity index (χ2v) is 35.2. The van der Waals surface area contributed by atoms with Gasteiger partial charge in [-0.1, -0.05) is 0 Å². The quantitative estimate of drug-likeness (QED) is 0.0277. The number of hydrogen-bond donors (Lipinski definition) is 35. The van der Waals surface area contributed by atoms with Crippen LogP contribution in [0.4, 0.5) is 0 Å². The van der Waals surface area contributed by atoms with Crippen LogP contribution in [0.5, 0.6) is 0 Å². The van der Waals surface area contributed by atoms with Gasteiger partial charge < -0.3 is 279 Å². The van der Waals surface area contributed by atoms with Gasteiger partial charge in [0.2, 0.25) is 23.6 Å². The van der Waals surface area contributed by atoms with E-state index in [0.29, 0.717) is 0 Å². The number of aliphatic carboxylic acids is 1. The smallest absolute Gasteiger partial charge is 0.364 e. The average Bonchev–Trinajstić information content (AvgIpc) is 0.740. The van der Waals surface area contributed by atoms with Crippen molar-refractivity contribution in [2.75, 3.05) is 59.5 Å². The van der Waals surface area contributed by atoms with Gasteiger partial charge in [-0.2, -0.15) is 0 Å². The third-order valence-electron chi connectivity index (χ3n) is 25.5. The number of amides is 4. The molecule has 0 spiro atoms. The second kappa shape index (κ2) is 48.8. The Morgan fingerprint density at radius 2 is 0.652 bits per heavy atom. The molecule has 61 nitrogen and oxygen atoms in total. The number of ether oxygens (including phenoxy) is 21. The number of rotatable bonds is 36. The van der Waals surface area contributed by atoms with Crippen molar-refractivity contribution in [3.63, 3.8) is 0 Å². The van der Waals surface area contributed by atoms with Crippen LogP contribution in [-0.2, 0) is 123 Å². The summed E-state index contributed by atoms with van der Waals surface area (Å²) in [5, 5.41) is 356. The van der Waals surface area contributed by atoms with Crippen molar-refractivity contribution in [1.82, 2.24) is 21.3 Å². The number of carboxylic acid groups (broad SMARTS) is 1. The van der Waals surface area contributed by atoms with Gasteiger partial charge in [-0.05, 0) is 13.8 Å². The molecule has 0 radical (unpaired) electrons. The molecule has 11 rings (SSSR count). The molecular formula is C77H128N4O57. The fourth-order valence-electron chi connectivity index (χ4n) is 17.9. The summed E-state index contributed by atoms with van der Waals surface area (Å²) in [5.74, 6) is -9.09. The van der Waals surface area contributed by atoms with Crippen molar-refractivity contribution in [3.05, 3.63) is 0 Å². The summed E-state index contributed by atoms with van der Waals surface area (Å²) < 4.78 is 125. The zero-order chi connectivity index (χ0) is 102. The first kappa shape index (κ1) is 114. The van der Waals surface area contributed by atoms with E-state index >= 15 is 0 Å². The highest BCUT2D eigenvalue weighted by Crippen LogP contribution is 2.43. The highest BCUT2D eigenvalue weighted by molar-refractivity contribution is 5.77. The summed E-state index contributed by atoms with van der Waals surface area (Å²) in [6, 6.07) is -7.87. The topological polar surface area (TPSA) is 954 Å². The van der Waals surface area contributed by atoms with Crippen molar-refractivity contribution in [2.24, 2.45) is 0 Å². The maximum Gasteiger partial charge on any atom is 0.364 e. The first-order chi connectivity index (χ1) is 65.0. The fourth-order valence-corrected chi connectivity index (χ4v) is 17.9. The minimum absolute atomic E-state index is 0.845. The summed E-state index contributed by atoms with van der Waals surface area (Å²) >= 11 is 0. The largest absolute Gasteiger partial charge is 0.477 e. The van der Waals surface area contributed by atoms with Gasteiger partial charge >= 0.3 is 5.97 Å². The number of aliphatic hydroxyl groups excluding tert-OH is 30. The molecule has 0 saturated carbocycles. The zero-order valence-corrected chi connectivity index (χ0v) is 74.3. The third kappa shape index (κ3) is 24.7. The van der Waals surface area contributed by atoms with Crippen LogP contribution in [0, 0.1) is 0 Å². The molecule has 0 bridgehead atoms. The van der Waals surface area contributed by atoms with E-state index in [0.717, 1.165) is 27.7 Å². The van der Waals surface area contributed by atoms with Gasteiger partial charge in [0, 0.05) is 34.1 Å². The molecule has 798 valence electrons. The van der Waals surface area contributed by atoms with Crippen LogP contribution in [0.15, 0.2) is 0 Å². The fraction of sp³-hybridized carbons (Fsp3) is 0.935. The predicted molar refractivity (Wildman–Crippen MR) is 423 cm³/mol. The van der Waals surface area contributed by atoms with E-state index in [-0.39, 0.29) is 0 Å². The standard InChI is InChI=1S/C77H128N4O57/c1-17-37(95)46(104)52(110)70(120-17)134-62-36(81-22(6)92)67(118-15-31-44(102)64(56(114)74(128-31)131-58-28(12-86)122-66(115)51(109)50(58)108)136-69-35(80-21(5)91)60(42(100)26(10-84)123-69)133-75-65(49(107)40(98)25(9-83)125-75)137-71-53(111)47(105)38(96)18(2)121-71)126-30(14-88)59(62)132-73-55(113)63(43(101)27(11-85)124-73)135-68-34(79-20(4)90)45(103)57(29(13-87)127-68)130-72-54(112)48(106)41(99)32(129-72)16-119-77(76(116)117)7-23(93)33(78-19(3)89)61(138-77)39(97)24(94)8-82/h17-18,23-75,82-88,93-115H,7-16H2,1-6H3,(H,78,89)(H,79,90)(H,80,91)(H,81,92)(H,116,117)/t17-,18-,23-,24+,25+,26+,27+,28+,29+,30+,31+,32+,33+,34+,35+,36+,37+,38+,39+,40-,41-,42+,43-,44-,45+,46+,47+,48-,49-,50+,51+,52-,53-,54+,55+,56+,57+,58+,59+,60+,61+,62+,63-,64-,65+,66?,67+,68-,69-,70-,71-,72-,73-,74-,75-,77+/m0/s1. The van der Waals surface area contributed by atoms with Gasteiger partial charge in [-0.25, -0.2) is 4.79 Å². The summed E-state index contributed by atoms with van der Waals surface area (Å²) in [7, 11) is 0. The molecule has 11 saturated heterocycles. The normalized spacial score (nSPS) is 49.1. The Kier molecular flexibility index (Phi) is 40.1. The highest BCUT2D eigenvalue weighted by Gasteiger charge is 2.64. The van der Waals surface area contributed by atoms with Crippen LogP contribution in [-0.4, -0.2) is 590 Å². The van der Waals surface area contributed by atoms with Gasteiger partial charge in [-0.15, -0.1) is 0 Å². The Labute approximate surface area is 780 Å². The predicted octanol–water partition coefficient (Wildman–Crippen LogP) is -23.1. The van der Waals surface area contributed by atoms with Crippen LogP contribution < -0.4 is 21.3 Å². The monoisotopic (exact) mass is 2020 g/mol. The SMILES string of the molecule is CC(=O)N[C@H]1[C@H](O[C@H]2[C@@H](O)[C@@H](CO)O[C@@H](O[C@H]3[C@H](O[C@@H]4O[C@@H](C)[C@@H](O)[C@@H](O)[C@@H]4O)[C@@H](NC(C)=O)[C@H](OC[C@H]4O[C@@H](O[C@H]5[C@H](O)[C@@H](O)C(O)O[C@@H]5CO)[C@H](O)[C@@H](O[C@@H]5O[C@H](CO)[C@@H](O)[C@H](O[C@@H]6O[C@H](CO)[C@H](O)[C@H](O)[C@H]6O[C@@H]6O[C@@H](C)[C@@H](O)[C@@H](O)[C@@H]6O)[C@H]5NC(C)=O)[C@H]4O)O[C@@H]3CO)[C@@H]2O)O[C@H](CO)[C@@H](O[C@@H]2O[C@H](CO[C@]3(C(=O)O)C[C@H](O)[C@@H](NC(C)=O)[C@H]([C@H](O)[C@H](O)CO)O3)[C@H](O)[C@H](O)[C@H]2O)[C@@H]1O. The first-order valence-corrected chi connectivity index (χ1v) is 44.0. The number of aliphatic hydroxyl groups is 30. The summed E-state index contributed by atoms with van der Waals surface area (Å²) in [6.07, 6.45) is -111. The van der Waals surface area contributed by atoms with Gasteiger partial charge in [0.05, 0.1) is 83.8 Å². The molecule has 11 aliphatic heterocycles. The van der Waals surface area contributed by atoms with Crippen molar-refractivity contribution in [1.29, 1.82) is 0 Å². The van der Waals surface area contributed by atoms with E-state index in [2.05, 4.69) is 21.3 Å². The Balaban J connectivity index is 0.873. The maximum absolute atomic E-state index is 13.8. The lowest BCUT2D eigenvalue weighted by atomic mass is 9.88. The maximum atomic E-state index is 13.8. The van der Waals surface area contributed by atoms with E-state index in [1.165, 1.54) is 13.8 Å².